The van der Waals surface area contributed by atoms with Crippen molar-refractivity contribution in [3.8, 4) is 0 Å². The number of nitrogens with two attached hydrogens (primary N) is 2. The van der Waals surface area contributed by atoms with Crippen LogP contribution >= 0.6 is 0 Å². The molecule has 1 unspecified atom stereocenters. The van der Waals surface area contributed by atoms with Gasteiger partial charge in [0.15, 0.2) is 0 Å². The Kier molecular flexibility index (Phi) is 16.3. The Morgan fingerprint density at radius 3 is 1.62 bits per heavy atom. The molecule has 0 amide bonds. The molecule has 148 valence electrons. The Labute approximate surface area is 149 Å². The first-order valence-electron chi connectivity index (χ1n) is 9.17. The minimum Gasteiger partial charge on any atom is -0.344 e. The molecular formula is C18H43N3O3. The highest BCUT2D eigenvalue weighted by Gasteiger charge is 2.52. The number of hydrogen-bond acceptors (Lipinski definition) is 6. The van der Waals surface area contributed by atoms with Crippen LogP contribution < -0.4 is 17.6 Å². The lowest BCUT2D eigenvalue weighted by molar-refractivity contribution is -0.410. The molecule has 0 fully saturated rings. The van der Waals surface area contributed by atoms with Crippen LogP contribution in [0.5, 0.6) is 0 Å². The maximum atomic E-state index is 5.92. The van der Waals surface area contributed by atoms with Gasteiger partial charge in [0.05, 0.1) is 5.41 Å². The van der Waals surface area contributed by atoms with Gasteiger partial charge in [0, 0.05) is 21.3 Å². The third-order valence-electron chi connectivity index (χ3n) is 4.95. The maximum absolute atomic E-state index is 5.92. The largest absolute Gasteiger partial charge is 0.344 e. The summed E-state index contributed by atoms with van der Waals surface area (Å²) in [5, 5.41) is 0. The topological polar surface area (TPSA) is 115 Å². The van der Waals surface area contributed by atoms with E-state index in [1.165, 1.54) is 32.1 Å². The highest BCUT2D eigenvalue weighted by atomic mass is 16.9. The van der Waals surface area contributed by atoms with Crippen LogP contribution in [0, 0.1) is 5.41 Å². The molecule has 0 aliphatic carbocycles. The lowest BCUT2D eigenvalue weighted by Gasteiger charge is -2.47. The zero-order chi connectivity index (χ0) is 17.6. The van der Waals surface area contributed by atoms with Crippen LogP contribution in [-0.4, -0.2) is 40.4 Å². The predicted molar refractivity (Wildman–Crippen MR) is 101 cm³/mol. The number of rotatable bonds is 16. The molecule has 6 heteroatoms. The lowest BCUT2D eigenvalue weighted by atomic mass is 9.73. The number of unbranched alkanes of at least 4 members (excludes halogenated alkanes) is 5. The van der Waals surface area contributed by atoms with Gasteiger partial charge in [-0.2, -0.15) is 0 Å². The fourth-order valence-electron chi connectivity index (χ4n) is 3.69. The summed E-state index contributed by atoms with van der Waals surface area (Å²) in [7, 11) is 4.92. The summed E-state index contributed by atoms with van der Waals surface area (Å²) in [6.07, 6.45) is 11.1. The van der Waals surface area contributed by atoms with Crippen LogP contribution in [0.15, 0.2) is 0 Å². The van der Waals surface area contributed by atoms with Gasteiger partial charge in [-0.1, -0.05) is 45.4 Å². The Morgan fingerprint density at radius 2 is 1.17 bits per heavy atom. The van der Waals surface area contributed by atoms with Gasteiger partial charge in [0.1, 0.15) is 0 Å². The third-order valence-corrected chi connectivity index (χ3v) is 4.95. The van der Waals surface area contributed by atoms with E-state index in [-0.39, 0.29) is 11.6 Å². The second kappa shape index (κ2) is 15.0. The van der Waals surface area contributed by atoms with Gasteiger partial charge in [0.25, 0.3) is 5.97 Å². The van der Waals surface area contributed by atoms with Gasteiger partial charge in [0.2, 0.25) is 0 Å². The van der Waals surface area contributed by atoms with Gasteiger partial charge >= 0.3 is 0 Å². The van der Waals surface area contributed by atoms with Crippen LogP contribution in [0.2, 0.25) is 0 Å². The van der Waals surface area contributed by atoms with Crippen LogP contribution in [0.25, 0.3) is 0 Å². The number of hydrogen-bond donors (Lipinski definition) is 3. The van der Waals surface area contributed by atoms with Crippen molar-refractivity contribution in [3.63, 3.8) is 0 Å². The standard InChI is InChI=1S/C18H40N2O3.H3N/c1-5-6-7-8-9-10-12-17(14-16-20,13-11-15-19)18(21-2,22-3)23-4;/h5-16,19-20H2,1-4H3;1H3. The molecule has 0 aliphatic rings. The van der Waals surface area contributed by atoms with Crippen LogP contribution in [0.4, 0.5) is 0 Å². The van der Waals surface area contributed by atoms with Gasteiger partial charge in [-0.3, -0.25) is 0 Å². The van der Waals surface area contributed by atoms with E-state index in [1.807, 2.05) is 0 Å². The zero-order valence-corrected chi connectivity index (χ0v) is 16.6. The Bertz CT molecular complexity index is 268. The van der Waals surface area contributed by atoms with Crippen LogP contribution in [0.1, 0.15) is 71.1 Å². The van der Waals surface area contributed by atoms with E-state index in [1.54, 1.807) is 21.3 Å². The first-order valence-corrected chi connectivity index (χ1v) is 9.17. The molecule has 0 bridgehead atoms. The molecule has 1 atom stereocenters. The fraction of sp³-hybridized carbons (Fsp3) is 1.00. The molecule has 0 saturated carbocycles. The van der Waals surface area contributed by atoms with E-state index >= 15 is 0 Å². The monoisotopic (exact) mass is 349 g/mol. The highest BCUT2D eigenvalue weighted by Crippen LogP contribution is 2.47. The van der Waals surface area contributed by atoms with Crippen molar-refractivity contribution < 1.29 is 14.2 Å². The first kappa shape index (κ1) is 26.0. The minimum absolute atomic E-state index is 0. The molecule has 0 aromatic rings. The average Bonchev–Trinajstić information content (AvgIpc) is 2.58. The molecular weight excluding hydrogens is 306 g/mol. The van der Waals surface area contributed by atoms with E-state index in [9.17, 15) is 0 Å². The van der Waals surface area contributed by atoms with Crippen molar-refractivity contribution in [3.05, 3.63) is 0 Å². The molecule has 0 radical (unpaired) electrons. The van der Waals surface area contributed by atoms with Crippen molar-refractivity contribution in [2.45, 2.75) is 77.1 Å². The summed E-state index contributed by atoms with van der Waals surface area (Å²) in [4.78, 5) is 0. The summed E-state index contributed by atoms with van der Waals surface area (Å²) in [5.41, 5.74) is 11.4. The molecule has 24 heavy (non-hydrogen) atoms. The molecule has 6 nitrogen and oxygen atoms in total. The summed E-state index contributed by atoms with van der Waals surface area (Å²) in [5.74, 6) is -1.05. The normalized spacial score (nSPS) is 14.2. The predicted octanol–water partition coefficient (Wildman–Crippen LogP) is 3.57. The quantitative estimate of drug-likeness (QED) is 0.290. The van der Waals surface area contributed by atoms with Crippen molar-refractivity contribution in [2.75, 3.05) is 34.4 Å². The molecule has 0 aliphatic heterocycles. The molecule has 0 saturated heterocycles. The van der Waals surface area contributed by atoms with Gasteiger partial charge in [-0.25, -0.2) is 0 Å². The van der Waals surface area contributed by atoms with E-state index in [0.717, 1.165) is 32.1 Å². The third kappa shape index (κ3) is 7.33. The zero-order valence-electron chi connectivity index (χ0n) is 16.6. The maximum Gasteiger partial charge on any atom is 0.288 e. The first-order chi connectivity index (χ1) is 11.1. The van der Waals surface area contributed by atoms with E-state index in [4.69, 9.17) is 25.7 Å². The van der Waals surface area contributed by atoms with Gasteiger partial charge < -0.3 is 31.8 Å². The number of ether oxygens (including phenoxy) is 3. The second-order valence-corrected chi connectivity index (χ2v) is 6.40. The second-order valence-electron chi connectivity index (χ2n) is 6.40. The highest BCUT2D eigenvalue weighted by molar-refractivity contribution is 4.89. The van der Waals surface area contributed by atoms with Crippen molar-refractivity contribution in [1.82, 2.24) is 6.15 Å². The van der Waals surface area contributed by atoms with Gasteiger partial charge in [-0.15, -0.1) is 0 Å². The lowest BCUT2D eigenvalue weighted by Crippen LogP contribution is -2.54. The van der Waals surface area contributed by atoms with Crippen molar-refractivity contribution >= 4 is 0 Å². The van der Waals surface area contributed by atoms with E-state index < -0.39 is 5.97 Å². The molecule has 0 aromatic carbocycles. The van der Waals surface area contributed by atoms with Crippen molar-refractivity contribution in [2.24, 2.45) is 16.9 Å². The Hall–Kier alpha value is -0.240. The Morgan fingerprint density at radius 1 is 0.667 bits per heavy atom. The average molecular weight is 350 g/mol. The SMILES string of the molecule is CCCCCCCCC(CCN)(CCCN)C(OC)(OC)OC.N. The minimum atomic E-state index is -1.05. The molecule has 0 heterocycles. The summed E-state index contributed by atoms with van der Waals surface area (Å²) < 4.78 is 17.1. The summed E-state index contributed by atoms with van der Waals surface area (Å²) in [6, 6.07) is 0. The van der Waals surface area contributed by atoms with Gasteiger partial charge in [-0.05, 0) is 38.8 Å². The van der Waals surface area contributed by atoms with Crippen LogP contribution in [0.3, 0.4) is 0 Å². The van der Waals surface area contributed by atoms with Crippen LogP contribution in [-0.2, 0) is 14.2 Å². The molecule has 0 rings (SSSR count). The molecule has 7 N–H and O–H groups in total. The number of methoxy groups -OCH3 is 3. The van der Waals surface area contributed by atoms with E-state index in [2.05, 4.69) is 6.92 Å². The fourth-order valence-corrected chi connectivity index (χ4v) is 3.69. The molecule has 0 spiro atoms. The summed E-state index contributed by atoms with van der Waals surface area (Å²) in [6.45, 7) is 3.47. The van der Waals surface area contributed by atoms with E-state index in [0.29, 0.717) is 13.1 Å². The van der Waals surface area contributed by atoms with Crippen molar-refractivity contribution in [1.29, 1.82) is 0 Å². The Balaban J connectivity index is 0. The summed E-state index contributed by atoms with van der Waals surface area (Å²) >= 11 is 0. The molecule has 0 aromatic heterocycles. The smallest absolute Gasteiger partial charge is 0.288 e.